The maximum atomic E-state index is 12.9. The number of aryl methyl sites for hydroxylation is 2. The summed E-state index contributed by atoms with van der Waals surface area (Å²) in [5.74, 6) is -0.701. The van der Waals surface area contributed by atoms with Crippen molar-refractivity contribution in [2.45, 2.75) is 77.4 Å². The summed E-state index contributed by atoms with van der Waals surface area (Å²) in [4.78, 5) is 53.3. The molecule has 2 fully saturated rings. The van der Waals surface area contributed by atoms with Crippen LogP contribution in [0.15, 0.2) is 23.0 Å². The molecular weight excluding hydrogens is 486 g/mol. The molecule has 2 aliphatic heterocycles. The molecule has 10 nitrogen and oxygen atoms in total. The van der Waals surface area contributed by atoms with Gasteiger partial charge in [0.25, 0.3) is 0 Å². The maximum Gasteiger partial charge on any atom is 0.410 e. The van der Waals surface area contributed by atoms with Gasteiger partial charge in [-0.05, 0) is 70.7 Å². The third-order valence-corrected chi connectivity index (χ3v) is 7.39. The summed E-state index contributed by atoms with van der Waals surface area (Å²) in [5, 5.41) is 2.35. The van der Waals surface area contributed by atoms with Crippen molar-refractivity contribution in [2.75, 3.05) is 32.7 Å². The lowest BCUT2D eigenvalue weighted by Crippen LogP contribution is -2.50. The SMILES string of the molecule is Cn1c(=O)n(C2CCC(=O)NC2=O)c2ccc(CCCCCCN3CCN(C(=O)OC(C)(C)C)CC3)cc21. The van der Waals surface area contributed by atoms with E-state index in [9.17, 15) is 19.2 Å². The van der Waals surface area contributed by atoms with E-state index in [1.807, 2.05) is 39.0 Å². The third-order valence-electron chi connectivity index (χ3n) is 7.39. The van der Waals surface area contributed by atoms with Gasteiger partial charge in [0, 0.05) is 39.6 Å². The molecule has 2 aliphatic rings. The monoisotopic (exact) mass is 527 g/mol. The molecule has 1 aromatic carbocycles. The fourth-order valence-electron chi connectivity index (χ4n) is 5.29. The molecule has 2 aromatic rings. The molecule has 208 valence electrons. The first kappa shape index (κ1) is 27.9. The summed E-state index contributed by atoms with van der Waals surface area (Å²) >= 11 is 0. The largest absolute Gasteiger partial charge is 0.444 e. The predicted molar refractivity (Wildman–Crippen MR) is 145 cm³/mol. The van der Waals surface area contributed by atoms with Crippen LogP contribution in [0, 0.1) is 0 Å². The van der Waals surface area contributed by atoms with Gasteiger partial charge in [-0.2, -0.15) is 0 Å². The molecule has 1 unspecified atom stereocenters. The maximum absolute atomic E-state index is 12.9. The first-order valence-corrected chi connectivity index (χ1v) is 13.8. The van der Waals surface area contributed by atoms with Gasteiger partial charge in [-0.25, -0.2) is 9.59 Å². The molecule has 0 saturated carbocycles. The Bertz CT molecular complexity index is 1230. The molecule has 3 amide bonds. The molecule has 1 N–H and O–H groups in total. The molecule has 0 bridgehead atoms. The Morgan fingerprint density at radius 3 is 2.39 bits per heavy atom. The first-order chi connectivity index (χ1) is 18.0. The van der Waals surface area contributed by atoms with Gasteiger partial charge < -0.3 is 9.64 Å². The number of carbonyl (C=O) groups is 3. The minimum absolute atomic E-state index is 0.219. The fraction of sp³-hybridized carbons (Fsp3) is 0.643. The molecular formula is C28H41N5O5. The predicted octanol–water partition coefficient (Wildman–Crippen LogP) is 2.97. The standard InChI is InChI=1S/C28H41N5O5/c1-28(2,3)38-27(37)32-17-15-31(16-18-32)14-8-6-5-7-9-20-10-11-21-23(19-20)30(4)26(36)33(21)22-12-13-24(34)29-25(22)35/h10-11,19,22H,5-9,12-18H2,1-4H3,(H,29,34,35). The van der Waals surface area contributed by atoms with Crippen LogP contribution in [0.2, 0.25) is 0 Å². The Hall–Kier alpha value is -3.14. The number of imide groups is 1. The smallest absolute Gasteiger partial charge is 0.410 e. The van der Waals surface area contributed by atoms with E-state index in [0.717, 1.165) is 62.8 Å². The summed E-state index contributed by atoms with van der Waals surface area (Å²) in [7, 11) is 1.73. The molecule has 1 aromatic heterocycles. The van der Waals surface area contributed by atoms with Crippen molar-refractivity contribution >= 4 is 28.9 Å². The van der Waals surface area contributed by atoms with Crippen molar-refractivity contribution in [1.29, 1.82) is 0 Å². The second-order valence-corrected chi connectivity index (χ2v) is 11.5. The molecule has 0 radical (unpaired) electrons. The molecule has 0 aliphatic carbocycles. The molecule has 38 heavy (non-hydrogen) atoms. The van der Waals surface area contributed by atoms with Crippen molar-refractivity contribution in [3.8, 4) is 0 Å². The minimum Gasteiger partial charge on any atom is -0.444 e. The van der Waals surface area contributed by atoms with Gasteiger partial charge in [0.2, 0.25) is 11.8 Å². The highest BCUT2D eigenvalue weighted by atomic mass is 16.6. The second kappa shape index (κ2) is 11.7. The summed E-state index contributed by atoms with van der Waals surface area (Å²) in [6.45, 7) is 9.92. The summed E-state index contributed by atoms with van der Waals surface area (Å²) < 4.78 is 8.58. The summed E-state index contributed by atoms with van der Waals surface area (Å²) in [5.41, 5.74) is 2.01. The van der Waals surface area contributed by atoms with E-state index in [1.54, 1.807) is 16.5 Å². The minimum atomic E-state index is -0.657. The quantitative estimate of drug-likeness (QED) is 0.418. The number of ether oxygens (including phenoxy) is 1. The van der Waals surface area contributed by atoms with E-state index >= 15 is 0 Å². The van der Waals surface area contributed by atoms with E-state index < -0.39 is 17.6 Å². The van der Waals surface area contributed by atoms with Gasteiger partial charge in [0.1, 0.15) is 11.6 Å². The van der Waals surface area contributed by atoms with Gasteiger partial charge in [-0.1, -0.05) is 18.9 Å². The number of fused-ring (bicyclic) bond motifs is 1. The number of hydrogen-bond donors (Lipinski definition) is 1. The second-order valence-electron chi connectivity index (χ2n) is 11.5. The number of unbranched alkanes of at least 4 members (excludes halogenated alkanes) is 3. The summed E-state index contributed by atoms with van der Waals surface area (Å²) in [6, 6.07) is 5.35. The number of piperidine rings is 1. The van der Waals surface area contributed by atoms with Gasteiger partial charge >= 0.3 is 11.8 Å². The molecule has 1 atom stereocenters. The molecule has 10 heteroatoms. The topological polar surface area (TPSA) is 106 Å². The van der Waals surface area contributed by atoms with Gasteiger partial charge in [0.15, 0.2) is 0 Å². The number of imidazole rings is 1. The van der Waals surface area contributed by atoms with E-state index in [0.29, 0.717) is 19.5 Å². The molecule has 3 heterocycles. The lowest BCUT2D eigenvalue weighted by atomic mass is 10.0. The van der Waals surface area contributed by atoms with Crippen LogP contribution in [0.5, 0.6) is 0 Å². The Morgan fingerprint density at radius 2 is 1.71 bits per heavy atom. The van der Waals surface area contributed by atoms with Crippen LogP contribution in [0.4, 0.5) is 4.79 Å². The number of hydrogen-bond acceptors (Lipinski definition) is 6. The molecule has 4 rings (SSSR count). The first-order valence-electron chi connectivity index (χ1n) is 13.8. The number of amides is 3. The van der Waals surface area contributed by atoms with Gasteiger partial charge in [-0.15, -0.1) is 0 Å². The highest BCUT2D eigenvalue weighted by molar-refractivity contribution is 6.00. The number of carbonyl (C=O) groups excluding carboxylic acids is 3. The number of benzene rings is 1. The highest BCUT2D eigenvalue weighted by Gasteiger charge is 2.31. The van der Waals surface area contributed by atoms with Crippen LogP contribution in [-0.4, -0.2) is 75.2 Å². The van der Waals surface area contributed by atoms with Crippen LogP contribution >= 0.6 is 0 Å². The van der Waals surface area contributed by atoms with Crippen molar-refractivity contribution in [3.63, 3.8) is 0 Å². The Balaban J connectivity index is 1.21. The number of nitrogens with zero attached hydrogens (tertiary/aromatic N) is 4. The van der Waals surface area contributed by atoms with Crippen LogP contribution in [0.3, 0.4) is 0 Å². The van der Waals surface area contributed by atoms with Gasteiger partial charge in [-0.3, -0.25) is 28.9 Å². The van der Waals surface area contributed by atoms with E-state index in [-0.39, 0.29) is 24.1 Å². The van der Waals surface area contributed by atoms with E-state index in [2.05, 4.69) is 10.2 Å². The zero-order valence-electron chi connectivity index (χ0n) is 23.1. The Morgan fingerprint density at radius 1 is 1.00 bits per heavy atom. The van der Waals surface area contributed by atoms with Crippen LogP contribution in [0.1, 0.15) is 70.9 Å². The van der Waals surface area contributed by atoms with Crippen LogP contribution in [0.25, 0.3) is 11.0 Å². The highest BCUT2D eigenvalue weighted by Crippen LogP contribution is 2.24. The van der Waals surface area contributed by atoms with Crippen molar-refractivity contribution in [1.82, 2.24) is 24.3 Å². The number of piperazine rings is 1. The van der Waals surface area contributed by atoms with Crippen LogP contribution in [-0.2, 0) is 27.8 Å². The average molecular weight is 528 g/mol. The normalized spacial score (nSPS) is 19.2. The van der Waals surface area contributed by atoms with Crippen molar-refractivity contribution < 1.29 is 19.1 Å². The van der Waals surface area contributed by atoms with Gasteiger partial charge in [0.05, 0.1) is 11.0 Å². The molecule has 2 saturated heterocycles. The molecule has 0 spiro atoms. The summed E-state index contributed by atoms with van der Waals surface area (Å²) in [6.07, 6.45) is 5.77. The van der Waals surface area contributed by atoms with E-state index in [1.165, 1.54) is 10.1 Å². The zero-order chi connectivity index (χ0) is 27.4. The van der Waals surface area contributed by atoms with E-state index in [4.69, 9.17) is 4.74 Å². The Labute approximate surface area is 223 Å². The Kier molecular flexibility index (Phi) is 8.60. The third kappa shape index (κ3) is 6.64. The van der Waals surface area contributed by atoms with Crippen molar-refractivity contribution in [2.24, 2.45) is 7.05 Å². The fourth-order valence-corrected chi connectivity index (χ4v) is 5.29. The number of rotatable bonds is 8. The van der Waals surface area contributed by atoms with Crippen LogP contribution < -0.4 is 11.0 Å². The lowest BCUT2D eigenvalue weighted by molar-refractivity contribution is -0.135. The number of nitrogens with one attached hydrogen (secondary N) is 1. The van der Waals surface area contributed by atoms with Crippen molar-refractivity contribution in [3.05, 3.63) is 34.2 Å². The number of aromatic nitrogens is 2. The average Bonchev–Trinajstić information content (AvgIpc) is 3.10. The lowest BCUT2D eigenvalue weighted by Gasteiger charge is -2.35. The zero-order valence-corrected chi connectivity index (χ0v) is 23.1.